The van der Waals surface area contributed by atoms with Gasteiger partial charge in [-0.1, -0.05) is 156 Å². The monoisotopic (exact) mass is 888 g/mol. The average Bonchev–Trinajstić information content (AvgIpc) is 3.92. The van der Waals surface area contributed by atoms with E-state index in [4.69, 9.17) is 4.42 Å². The van der Waals surface area contributed by atoms with E-state index in [1.54, 1.807) is 11.3 Å². The fourth-order valence-corrected chi connectivity index (χ4v) is 10.2. The van der Waals surface area contributed by atoms with Gasteiger partial charge in [0.15, 0.2) is 10.4 Å². The van der Waals surface area contributed by atoms with Crippen molar-refractivity contribution in [1.29, 1.82) is 0 Å². The van der Waals surface area contributed by atoms with Crippen LogP contribution in [0.1, 0.15) is 192 Å². The number of unbranched alkanes of at least 4 members (excludes halogenated alkanes) is 16. The number of hydrogen-bond donors (Lipinski definition) is 0. The first-order chi connectivity index (χ1) is 26.3. The van der Waals surface area contributed by atoms with Gasteiger partial charge in [0.1, 0.15) is 5.70 Å². The Morgan fingerprint density at radius 2 is 0.944 bits per heavy atom. The molecule has 2 amide bonds. The molecule has 0 N–H and O–H groups in total. The first kappa shape index (κ1) is 45.1. The highest BCUT2D eigenvalue weighted by Crippen LogP contribution is 2.49. The molecule has 5 nitrogen and oxygen atoms in total. The Balaban J connectivity index is 1.69. The zero-order chi connectivity index (χ0) is 38.7. The van der Waals surface area contributed by atoms with Gasteiger partial charge in [0.2, 0.25) is 0 Å². The summed E-state index contributed by atoms with van der Waals surface area (Å²) in [5.41, 5.74) is 2.58. The van der Waals surface area contributed by atoms with Crippen molar-refractivity contribution in [1.82, 2.24) is 9.80 Å². The molecule has 4 heterocycles. The van der Waals surface area contributed by atoms with Crippen molar-refractivity contribution >= 4 is 66.4 Å². The standard InChI is InChI=1S/C46H70Br2N2O3S/c1-5-9-13-17-19-23-27-35(25-21-15-11-7-3)33-49-43(37-29-31-39(47)53-37)41-42(46(49)52)44(38-30-32-40(48)54-38)50(45(41)51)34-36(26-22-16-12-8-4)28-24-20-18-14-10-6-2/h29-32,35-36H,5-28,33-34H2,1-4H3. The van der Waals surface area contributed by atoms with Gasteiger partial charge in [-0.15, -0.1) is 11.3 Å². The number of hydrogen-bond acceptors (Lipinski definition) is 4. The molecule has 54 heavy (non-hydrogen) atoms. The third-order valence-electron chi connectivity index (χ3n) is 11.5. The van der Waals surface area contributed by atoms with Gasteiger partial charge in [0, 0.05) is 13.1 Å². The zero-order valence-electron chi connectivity index (χ0n) is 34.1. The molecule has 0 spiro atoms. The van der Waals surface area contributed by atoms with Gasteiger partial charge in [0.25, 0.3) is 11.8 Å². The van der Waals surface area contributed by atoms with E-state index in [-0.39, 0.29) is 11.8 Å². The highest BCUT2D eigenvalue weighted by atomic mass is 79.9. The van der Waals surface area contributed by atoms with Gasteiger partial charge in [0.05, 0.1) is 25.5 Å². The van der Waals surface area contributed by atoms with Crippen LogP contribution >= 0.6 is 43.2 Å². The smallest absolute Gasteiger partial charge is 0.261 e. The Morgan fingerprint density at radius 3 is 1.35 bits per heavy atom. The van der Waals surface area contributed by atoms with Gasteiger partial charge < -0.3 is 14.2 Å². The third kappa shape index (κ3) is 13.2. The molecule has 0 fully saturated rings. The van der Waals surface area contributed by atoms with Crippen molar-refractivity contribution in [2.45, 2.75) is 182 Å². The van der Waals surface area contributed by atoms with E-state index in [0.717, 1.165) is 40.0 Å². The molecule has 0 aromatic carbocycles. The van der Waals surface area contributed by atoms with Gasteiger partial charge in [-0.2, -0.15) is 0 Å². The van der Waals surface area contributed by atoms with Crippen LogP contribution in [0.25, 0.3) is 11.4 Å². The summed E-state index contributed by atoms with van der Waals surface area (Å²) >= 11 is 8.85. The minimum atomic E-state index is -0.0418. The molecule has 0 saturated heterocycles. The lowest BCUT2D eigenvalue weighted by atomic mass is 9.93. The van der Waals surface area contributed by atoms with Crippen LogP contribution in [0.15, 0.2) is 48.3 Å². The molecule has 0 radical (unpaired) electrons. The topological polar surface area (TPSA) is 53.8 Å². The summed E-state index contributed by atoms with van der Waals surface area (Å²) in [6.07, 6.45) is 29.4. The van der Waals surface area contributed by atoms with E-state index in [9.17, 15) is 0 Å². The Labute approximate surface area is 349 Å². The number of carbonyl (C=O) groups excluding carboxylic acids is 2. The fraction of sp³-hybridized carbons (Fsp3) is 0.696. The van der Waals surface area contributed by atoms with Crippen molar-refractivity contribution in [3.05, 3.63) is 54.5 Å². The minimum Gasteiger partial charge on any atom is -0.448 e. The maximum Gasteiger partial charge on any atom is 0.261 e. The number of furan rings is 1. The first-order valence-corrected chi connectivity index (χ1v) is 24.4. The van der Waals surface area contributed by atoms with Crippen LogP contribution in [-0.4, -0.2) is 34.7 Å². The highest BCUT2D eigenvalue weighted by Gasteiger charge is 2.50. The number of rotatable bonds is 30. The number of amides is 2. The lowest BCUT2D eigenvalue weighted by Gasteiger charge is -2.29. The van der Waals surface area contributed by atoms with E-state index >= 15 is 9.59 Å². The minimum absolute atomic E-state index is 0.0418. The third-order valence-corrected chi connectivity index (χ3v) is 13.6. The van der Waals surface area contributed by atoms with Crippen molar-refractivity contribution in [2.75, 3.05) is 13.1 Å². The Hall–Kier alpha value is -1.64. The molecule has 4 rings (SSSR count). The molecule has 2 aromatic heterocycles. The second kappa shape index (κ2) is 24.9. The molecule has 2 aliphatic heterocycles. The summed E-state index contributed by atoms with van der Waals surface area (Å²) in [6.45, 7) is 10.3. The predicted molar refractivity (Wildman–Crippen MR) is 236 cm³/mol. The molecule has 0 aliphatic carbocycles. The summed E-state index contributed by atoms with van der Waals surface area (Å²) in [5.74, 6) is 1.28. The van der Waals surface area contributed by atoms with E-state index in [0.29, 0.717) is 52.2 Å². The van der Waals surface area contributed by atoms with Crippen LogP contribution in [0.5, 0.6) is 0 Å². The highest BCUT2D eigenvalue weighted by molar-refractivity contribution is 9.11. The van der Waals surface area contributed by atoms with Gasteiger partial charge in [-0.25, -0.2) is 0 Å². The maximum absolute atomic E-state index is 15.0. The quantitative estimate of drug-likeness (QED) is 0.0734. The van der Waals surface area contributed by atoms with E-state index in [1.165, 1.54) is 128 Å². The molecule has 302 valence electrons. The molecular formula is C46H70Br2N2O3S. The normalized spacial score (nSPS) is 15.7. The average molecular weight is 891 g/mol. The SMILES string of the molecule is CCCCCCCCC(CCCCCC)CN1C(=O)C2=C(c3ccc(Br)s3)N(CC(CCCCCC)CCCCCCCC)C(=O)C2=C1c1ccc(Br)o1. The number of fused-ring (bicyclic) bond motifs is 1. The summed E-state index contributed by atoms with van der Waals surface area (Å²) in [5, 5.41) is 0. The summed E-state index contributed by atoms with van der Waals surface area (Å²) in [4.78, 5) is 35.0. The van der Waals surface area contributed by atoms with Crippen LogP contribution in [-0.2, 0) is 9.59 Å². The lowest BCUT2D eigenvalue weighted by Crippen LogP contribution is -2.34. The Bertz CT molecular complexity index is 1380. The fourth-order valence-electron chi connectivity index (χ4n) is 8.46. The number of halogens is 2. The summed E-state index contributed by atoms with van der Waals surface area (Å²) < 4.78 is 7.84. The Morgan fingerprint density at radius 1 is 0.537 bits per heavy atom. The number of carbonyl (C=O) groups is 2. The van der Waals surface area contributed by atoms with Gasteiger partial charge in [-0.05, 0) is 93.6 Å². The van der Waals surface area contributed by atoms with Crippen molar-refractivity contribution in [3.63, 3.8) is 0 Å². The van der Waals surface area contributed by atoms with E-state index in [2.05, 4.69) is 65.6 Å². The molecular weight excluding hydrogens is 820 g/mol. The number of nitrogens with zero attached hydrogens (tertiary/aromatic N) is 2. The molecule has 8 heteroatoms. The van der Waals surface area contributed by atoms with Gasteiger partial charge in [-0.3, -0.25) is 9.59 Å². The summed E-state index contributed by atoms with van der Waals surface area (Å²) in [6, 6.07) is 7.93. The molecule has 0 bridgehead atoms. The van der Waals surface area contributed by atoms with Crippen molar-refractivity contribution in [2.24, 2.45) is 11.8 Å². The van der Waals surface area contributed by atoms with Crippen LogP contribution in [0, 0.1) is 11.8 Å². The predicted octanol–water partition coefficient (Wildman–Crippen LogP) is 15.3. The summed E-state index contributed by atoms with van der Waals surface area (Å²) in [7, 11) is 0. The Kier molecular flexibility index (Phi) is 20.8. The van der Waals surface area contributed by atoms with Crippen LogP contribution in [0.3, 0.4) is 0 Å². The van der Waals surface area contributed by atoms with Crippen LogP contribution in [0.4, 0.5) is 0 Å². The van der Waals surface area contributed by atoms with Crippen molar-refractivity contribution < 1.29 is 14.0 Å². The zero-order valence-corrected chi connectivity index (χ0v) is 38.1. The van der Waals surface area contributed by atoms with E-state index in [1.807, 2.05) is 28.0 Å². The number of thiophene rings is 1. The molecule has 2 unspecified atom stereocenters. The molecule has 2 aliphatic rings. The van der Waals surface area contributed by atoms with Crippen LogP contribution < -0.4 is 0 Å². The van der Waals surface area contributed by atoms with Crippen LogP contribution in [0.2, 0.25) is 0 Å². The maximum atomic E-state index is 15.0. The second-order valence-corrected chi connectivity index (χ2v) is 19.3. The molecule has 0 saturated carbocycles. The molecule has 2 aromatic rings. The second-order valence-electron chi connectivity index (χ2n) is 16.0. The van der Waals surface area contributed by atoms with Gasteiger partial charge >= 0.3 is 0 Å². The first-order valence-electron chi connectivity index (χ1n) is 22.0. The van der Waals surface area contributed by atoms with Crippen molar-refractivity contribution in [3.8, 4) is 0 Å². The van der Waals surface area contributed by atoms with E-state index < -0.39 is 0 Å². The molecule has 2 atom stereocenters. The lowest BCUT2D eigenvalue weighted by molar-refractivity contribution is -0.124. The largest absolute Gasteiger partial charge is 0.448 e.